The summed E-state index contributed by atoms with van der Waals surface area (Å²) in [6, 6.07) is 20.5. The van der Waals surface area contributed by atoms with Crippen LogP contribution in [0.15, 0.2) is 82.1 Å². The maximum atomic E-state index is 14.0. The summed E-state index contributed by atoms with van der Waals surface area (Å²) in [6.07, 6.45) is 0. The third kappa shape index (κ3) is 3.04. The van der Waals surface area contributed by atoms with Crippen LogP contribution in [0.1, 0.15) is 5.56 Å². The van der Waals surface area contributed by atoms with Crippen molar-refractivity contribution in [1.82, 2.24) is 14.7 Å². The zero-order valence-electron chi connectivity index (χ0n) is 13.7. The van der Waals surface area contributed by atoms with Crippen LogP contribution in [0.2, 0.25) is 0 Å². The minimum Gasteiger partial charge on any atom is -0.332 e. The predicted molar refractivity (Wildman–Crippen MR) is 94.9 cm³/mol. The van der Waals surface area contributed by atoms with Gasteiger partial charge in [-0.3, -0.25) is 9.36 Å². The molecule has 0 spiro atoms. The van der Waals surface area contributed by atoms with Gasteiger partial charge in [0.25, 0.3) is 11.4 Å². The Bertz CT molecular complexity index is 1100. The molecule has 0 aliphatic carbocycles. The van der Waals surface area contributed by atoms with Gasteiger partial charge in [-0.1, -0.05) is 59.8 Å². The van der Waals surface area contributed by atoms with Gasteiger partial charge in [-0.05, 0) is 12.1 Å². The van der Waals surface area contributed by atoms with Crippen LogP contribution in [0.25, 0.3) is 23.0 Å². The lowest BCUT2D eigenvalue weighted by atomic mass is 10.2. The second-order valence-electron chi connectivity index (χ2n) is 5.72. The van der Waals surface area contributed by atoms with Crippen molar-refractivity contribution in [3.63, 3.8) is 0 Å². The SMILES string of the molecule is O=c1cccc(-c2nc(-c3ccccc3)no2)n1Cc1ccccc1F. The Morgan fingerprint density at radius 1 is 0.923 bits per heavy atom. The first kappa shape index (κ1) is 16.0. The second-order valence-corrected chi connectivity index (χ2v) is 5.72. The lowest BCUT2D eigenvalue weighted by molar-refractivity contribution is 0.428. The van der Waals surface area contributed by atoms with Gasteiger partial charge in [-0.25, -0.2) is 4.39 Å². The molecule has 5 nitrogen and oxygen atoms in total. The number of hydrogen-bond donors (Lipinski definition) is 0. The molecule has 4 rings (SSSR count). The van der Waals surface area contributed by atoms with Crippen molar-refractivity contribution in [2.45, 2.75) is 6.54 Å². The average Bonchev–Trinajstić information content (AvgIpc) is 3.16. The maximum absolute atomic E-state index is 14.0. The summed E-state index contributed by atoms with van der Waals surface area (Å²) in [5.41, 5.74) is 1.38. The Balaban J connectivity index is 1.76. The van der Waals surface area contributed by atoms with Crippen LogP contribution < -0.4 is 5.56 Å². The van der Waals surface area contributed by atoms with Crippen LogP contribution in [0.3, 0.4) is 0 Å². The van der Waals surface area contributed by atoms with Crippen LogP contribution in [0, 0.1) is 5.82 Å². The molecule has 0 amide bonds. The third-order valence-electron chi connectivity index (χ3n) is 4.01. The molecule has 2 aromatic heterocycles. The van der Waals surface area contributed by atoms with E-state index in [1.807, 2.05) is 30.3 Å². The zero-order chi connectivity index (χ0) is 17.9. The quantitative estimate of drug-likeness (QED) is 0.564. The summed E-state index contributed by atoms with van der Waals surface area (Å²) in [4.78, 5) is 16.7. The maximum Gasteiger partial charge on any atom is 0.274 e. The Hall–Kier alpha value is -3.54. The topological polar surface area (TPSA) is 60.9 Å². The summed E-state index contributed by atoms with van der Waals surface area (Å²) in [5, 5.41) is 3.98. The minimum absolute atomic E-state index is 0.0741. The fourth-order valence-electron chi connectivity index (χ4n) is 2.70. The van der Waals surface area contributed by atoms with Crippen LogP contribution >= 0.6 is 0 Å². The molecule has 0 atom stereocenters. The lowest BCUT2D eigenvalue weighted by Gasteiger charge is -2.10. The molecular weight excluding hydrogens is 333 g/mol. The van der Waals surface area contributed by atoms with Gasteiger partial charge in [0.05, 0.1) is 6.54 Å². The van der Waals surface area contributed by atoms with Crippen LogP contribution in [-0.4, -0.2) is 14.7 Å². The summed E-state index contributed by atoms with van der Waals surface area (Å²) >= 11 is 0. The van der Waals surface area contributed by atoms with Crippen molar-refractivity contribution in [3.8, 4) is 23.0 Å². The van der Waals surface area contributed by atoms with Crippen molar-refractivity contribution in [2.75, 3.05) is 0 Å². The van der Waals surface area contributed by atoms with Gasteiger partial charge in [0.1, 0.15) is 11.5 Å². The van der Waals surface area contributed by atoms with Gasteiger partial charge in [0.15, 0.2) is 0 Å². The van der Waals surface area contributed by atoms with E-state index in [2.05, 4.69) is 10.1 Å². The van der Waals surface area contributed by atoms with E-state index in [4.69, 9.17) is 4.52 Å². The molecule has 0 bridgehead atoms. The van der Waals surface area contributed by atoms with Crippen molar-refractivity contribution in [1.29, 1.82) is 0 Å². The van der Waals surface area contributed by atoms with E-state index in [0.717, 1.165) is 5.56 Å². The Morgan fingerprint density at radius 3 is 2.50 bits per heavy atom. The second kappa shape index (κ2) is 6.76. The largest absolute Gasteiger partial charge is 0.332 e. The van der Waals surface area contributed by atoms with Crippen LogP contribution in [-0.2, 0) is 6.54 Å². The number of hydrogen-bond acceptors (Lipinski definition) is 4. The zero-order valence-corrected chi connectivity index (χ0v) is 13.7. The fourth-order valence-corrected chi connectivity index (χ4v) is 2.70. The highest BCUT2D eigenvalue weighted by atomic mass is 19.1. The minimum atomic E-state index is -0.371. The van der Waals surface area contributed by atoms with Crippen LogP contribution in [0.4, 0.5) is 4.39 Å². The molecule has 0 saturated carbocycles. The molecule has 0 radical (unpaired) electrons. The molecule has 2 aromatic carbocycles. The van der Waals surface area contributed by atoms with Gasteiger partial charge in [-0.15, -0.1) is 0 Å². The first-order chi connectivity index (χ1) is 12.7. The van der Waals surface area contributed by atoms with Crippen molar-refractivity contribution in [2.24, 2.45) is 0 Å². The van der Waals surface area contributed by atoms with E-state index in [1.54, 1.807) is 30.3 Å². The van der Waals surface area contributed by atoms with Crippen molar-refractivity contribution in [3.05, 3.63) is 94.5 Å². The van der Waals surface area contributed by atoms with Gasteiger partial charge in [-0.2, -0.15) is 4.98 Å². The predicted octanol–water partition coefficient (Wildman–Crippen LogP) is 3.75. The molecule has 0 aliphatic heterocycles. The highest BCUT2D eigenvalue weighted by molar-refractivity contribution is 5.57. The van der Waals surface area contributed by atoms with E-state index in [0.29, 0.717) is 17.1 Å². The Kier molecular flexibility index (Phi) is 4.15. The molecule has 0 N–H and O–H groups in total. The molecule has 0 fully saturated rings. The van der Waals surface area contributed by atoms with E-state index >= 15 is 0 Å². The number of benzene rings is 2. The fraction of sp³-hybridized carbons (Fsp3) is 0.0500. The third-order valence-corrected chi connectivity index (χ3v) is 4.01. The van der Waals surface area contributed by atoms with E-state index in [-0.39, 0.29) is 23.8 Å². The summed E-state index contributed by atoms with van der Waals surface area (Å²) in [5.74, 6) is 0.261. The Morgan fingerprint density at radius 2 is 1.69 bits per heavy atom. The standard InChI is InChI=1S/C20H14FN3O2/c21-16-10-5-4-9-15(16)13-24-17(11-6-12-18(24)25)20-22-19(23-26-20)14-7-2-1-3-8-14/h1-12H,13H2. The van der Waals surface area contributed by atoms with Crippen molar-refractivity contribution >= 4 is 0 Å². The number of rotatable bonds is 4. The van der Waals surface area contributed by atoms with E-state index in [1.165, 1.54) is 16.7 Å². The molecule has 0 saturated heterocycles. The molecule has 2 heterocycles. The number of pyridine rings is 1. The number of nitrogens with zero attached hydrogens (tertiary/aromatic N) is 3. The molecule has 0 unspecified atom stereocenters. The van der Waals surface area contributed by atoms with Gasteiger partial charge in [0.2, 0.25) is 5.82 Å². The van der Waals surface area contributed by atoms with Crippen LogP contribution in [0.5, 0.6) is 0 Å². The number of halogens is 1. The molecule has 4 aromatic rings. The van der Waals surface area contributed by atoms with Gasteiger partial charge < -0.3 is 4.52 Å². The van der Waals surface area contributed by atoms with Crippen molar-refractivity contribution < 1.29 is 8.91 Å². The van der Waals surface area contributed by atoms with Gasteiger partial charge >= 0.3 is 0 Å². The Labute approximate surface area is 148 Å². The van der Waals surface area contributed by atoms with E-state index in [9.17, 15) is 9.18 Å². The summed E-state index contributed by atoms with van der Waals surface area (Å²) in [6.45, 7) is 0.0741. The first-order valence-corrected chi connectivity index (χ1v) is 8.05. The summed E-state index contributed by atoms with van der Waals surface area (Å²) < 4.78 is 20.8. The molecule has 0 aliphatic rings. The smallest absolute Gasteiger partial charge is 0.274 e. The number of aromatic nitrogens is 3. The highest BCUT2D eigenvalue weighted by Crippen LogP contribution is 2.22. The summed E-state index contributed by atoms with van der Waals surface area (Å²) in [7, 11) is 0. The van der Waals surface area contributed by atoms with Gasteiger partial charge in [0, 0.05) is 17.2 Å². The van der Waals surface area contributed by atoms with E-state index < -0.39 is 0 Å². The lowest BCUT2D eigenvalue weighted by Crippen LogP contribution is -2.21. The molecular formula is C20H14FN3O2. The molecule has 26 heavy (non-hydrogen) atoms. The molecule has 6 heteroatoms. The normalized spacial score (nSPS) is 10.8. The average molecular weight is 347 g/mol. The molecule has 128 valence electrons. The monoisotopic (exact) mass is 347 g/mol. The highest BCUT2D eigenvalue weighted by Gasteiger charge is 2.15. The first-order valence-electron chi connectivity index (χ1n) is 8.05.